The molecule has 0 fully saturated rings. The molecule has 0 saturated carbocycles. The molecule has 2 aromatic carbocycles. The Morgan fingerprint density at radius 1 is 0.898 bits per heavy atom. The minimum atomic E-state index is -4.22. The summed E-state index contributed by atoms with van der Waals surface area (Å²) >= 11 is 0. The summed E-state index contributed by atoms with van der Waals surface area (Å²) in [4.78, 5) is 24.7. The third-order valence-corrected chi connectivity index (χ3v) is 9.49. The van der Waals surface area contributed by atoms with Crippen LogP contribution in [0.1, 0.15) is 103 Å². The van der Waals surface area contributed by atoms with Crippen LogP contribution in [0, 0.1) is 0 Å². The van der Waals surface area contributed by atoms with E-state index in [9.17, 15) is 19.3 Å². The van der Waals surface area contributed by atoms with Crippen LogP contribution in [0.3, 0.4) is 0 Å². The van der Waals surface area contributed by atoms with Crippen LogP contribution in [0.15, 0.2) is 54.6 Å². The number of hydrogen-bond donors (Lipinski definition) is 4. The van der Waals surface area contributed by atoms with Crippen LogP contribution in [-0.4, -0.2) is 61.2 Å². The van der Waals surface area contributed by atoms with E-state index >= 15 is 0 Å². The molecule has 11 nitrogen and oxygen atoms in total. The zero-order valence-electron chi connectivity index (χ0n) is 30.2. The van der Waals surface area contributed by atoms with Crippen molar-refractivity contribution < 1.29 is 37.8 Å². The number of hydrogen-bond acceptors (Lipinski definition) is 9. The molecule has 2 rings (SSSR count). The molecular formula is C37H60N3O8P. The van der Waals surface area contributed by atoms with Gasteiger partial charge in [-0.25, -0.2) is 9.36 Å². The van der Waals surface area contributed by atoms with E-state index in [4.69, 9.17) is 24.3 Å². The topological polar surface area (TPSA) is 158 Å². The zero-order valence-corrected chi connectivity index (χ0v) is 31.1. The number of carbonyl (C=O) groups is 2. The second-order valence-corrected chi connectivity index (χ2v) is 15.4. The molecule has 3 unspecified atom stereocenters. The standard InChI is InChI=1S/C37H60N3O8P/c1-6-7-8-9-10-12-17-30-21-23-31(24-22-30)25-26-37(38,28-41)29-46-49(44,48-32-18-13-11-14-19-32)40-33(34(42)45-5)20-15-16-27-39-35(43)47-36(2,3)4/h11,13-14,18-19,21-24,33,41H,6-10,12,15-17,20,25-29,38H2,1-5H3,(H,39,43)(H,40,44). The number of esters is 1. The van der Waals surface area contributed by atoms with Crippen LogP contribution in [0.5, 0.6) is 5.75 Å². The fourth-order valence-electron chi connectivity index (χ4n) is 5.04. The number of aliphatic hydroxyl groups excluding tert-OH is 1. The fraction of sp³-hybridized carbons (Fsp3) is 0.622. The van der Waals surface area contributed by atoms with Crippen LogP contribution >= 0.6 is 7.75 Å². The van der Waals surface area contributed by atoms with Crippen LogP contribution < -0.4 is 20.7 Å². The SMILES string of the molecule is CCCCCCCCc1ccc(CCC(N)(CO)COP(=O)(NC(CCCCNC(=O)OC(C)(C)C)C(=O)OC)Oc2ccccc2)cc1. The predicted molar refractivity (Wildman–Crippen MR) is 194 cm³/mol. The quantitative estimate of drug-likeness (QED) is 0.0498. The van der Waals surface area contributed by atoms with Crippen LogP contribution in [0.25, 0.3) is 0 Å². The van der Waals surface area contributed by atoms with Gasteiger partial charge in [0.15, 0.2) is 0 Å². The molecule has 5 N–H and O–H groups in total. The molecule has 0 saturated heterocycles. The molecule has 3 atom stereocenters. The van der Waals surface area contributed by atoms with Crippen molar-refractivity contribution in [2.45, 2.75) is 122 Å². The Kier molecular flexibility index (Phi) is 18.9. The van der Waals surface area contributed by atoms with Crippen molar-refractivity contribution in [1.82, 2.24) is 10.4 Å². The molecule has 1 amide bonds. The zero-order chi connectivity index (χ0) is 36.2. The Morgan fingerprint density at radius 3 is 2.14 bits per heavy atom. The summed E-state index contributed by atoms with van der Waals surface area (Å²) in [6.45, 7) is 7.17. The number of aryl methyl sites for hydroxylation is 2. The van der Waals surface area contributed by atoms with Gasteiger partial charge in [0, 0.05) is 6.54 Å². The van der Waals surface area contributed by atoms with E-state index in [0.717, 1.165) is 12.0 Å². The summed E-state index contributed by atoms with van der Waals surface area (Å²) in [5.74, 6) is -0.391. The molecule has 0 radical (unpaired) electrons. The highest BCUT2D eigenvalue weighted by atomic mass is 31.2. The monoisotopic (exact) mass is 705 g/mol. The molecule has 0 aromatic heterocycles. The van der Waals surface area contributed by atoms with Crippen LogP contribution in [-0.2, 0) is 36.2 Å². The van der Waals surface area contributed by atoms with E-state index in [1.54, 1.807) is 51.1 Å². The second-order valence-electron chi connectivity index (χ2n) is 13.7. The number of carbonyl (C=O) groups excluding carboxylic acids is 2. The van der Waals surface area contributed by atoms with Crippen molar-refractivity contribution in [2.75, 3.05) is 26.9 Å². The Balaban J connectivity index is 2.02. The van der Waals surface area contributed by atoms with Crippen molar-refractivity contribution in [1.29, 1.82) is 0 Å². The number of methoxy groups -OCH3 is 1. The maximum atomic E-state index is 14.2. The lowest BCUT2D eigenvalue weighted by molar-refractivity contribution is -0.143. The highest BCUT2D eigenvalue weighted by Crippen LogP contribution is 2.46. The number of rotatable bonds is 24. The smallest absolute Gasteiger partial charge is 0.459 e. The largest absolute Gasteiger partial charge is 0.468 e. The lowest BCUT2D eigenvalue weighted by Gasteiger charge is -2.30. The minimum absolute atomic E-state index is 0.219. The maximum Gasteiger partial charge on any atom is 0.459 e. The summed E-state index contributed by atoms with van der Waals surface area (Å²) in [5, 5.41) is 15.7. The van der Waals surface area contributed by atoms with E-state index in [0.29, 0.717) is 32.2 Å². The normalized spacial score (nSPS) is 14.7. The third-order valence-electron chi connectivity index (χ3n) is 7.95. The van der Waals surface area contributed by atoms with Gasteiger partial charge in [0.1, 0.15) is 17.4 Å². The second kappa shape index (κ2) is 22.0. The lowest BCUT2D eigenvalue weighted by Crippen LogP contribution is -2.49. The number of ether oxygens (including phenoxy) is 2. The molecule has 276 valence electrons. The maximum absolute atomic E-state index is 14.2. The average molecular weight is 706 g/mol. The molecule has 12 heteroatoms. The summed E-state index contributed by atoms with van der Waals surface area (Å²) in [6.07, 6.45) is 10.2. The number of nitrogens with two attached hydrogens (primary N) is 1. The van der Waals surface area contributed by atoms with Gasteiger partial charge in [-0.1, -0.05) is 81.5 Å². The van der Waals surface area contributed by atoms with Gasteiger partial charge in [-0.15, -0.1) is 0 Å². The number of aliphatic hydroxyl groups is 1. The molecule has 0 spiro atoms. The molecular weight excluding hydrogens is 645 g/mol. The molecule has 0 aliphatic carbocycles. The highest BCUT2D eigenvalue weighted by Gasteiger charge is 2.37. The van der Waals surface area contributed by atoms with Gasteiger partial charge in [0.2, 0.25) is 0 Å². The van der Waals surface area contributed by atoms with Gasteiger partial charge in [-0.05, 0) is 89.0 Å². The Hall–Kier alpha value is -2.95. The number of benzene rings is 2. The van der Waals surface area contributed by atoms with E-state index in [1.807, 2.05) is 0 Å². The molecule has 2 aromatic rings. The first-order valence-corrected chi connectivity index (χ1v) is 19.1. The number of para-hydroxylation sites is 1. The van der Waals surface area contributed by atoms with Gasteiger partial charge in [0.05, 0.1) is 25.9 Å². The first-order chi connectivity index (χ1) is 23.3. The average Bonchev–Trinajstić information content (AvgIpc) is 3.07. The number of nitrogens with one attached hydrogen (secondary N) is 2. The van der Waals surface area contributed by atoms with Crippen molar-refractivity contribution in [3.8, 4) is 5.75 Å². The van der Waals surface area contributed by atoms with Crippen molar-refractivity contribution >= 4 is 19.8 Å². The Labute approximate surface area is 293 Å². The van der Waals surface area contributed by atoms with Gasteiger partial charge in [-0.3, -0.25) is 9.32 Å². The van der Waals surface area contributed by atoms with Crippen molar-refractivity contribution in [2.24, 2.45) is 5.73 Å². The van der Waals surface area contributed by atoms with E-state index in [1.165, 1.54) is 51.2 Å². The van der Waals surface area contributed by atoms with Crippen LogP contribution in [0.4, 0.5) is 4.79 Å². The summed E-state index contributed by atoms with van der Waals surface area (Å²) < 4.78 is 36.1. The number of amides is 1. The number of unbranched alkanes of at least 4 members (excludes halogenated alkanes) is 6. The van der Waals surface area contributed by atoms with Crippen molar-refractivity contribution in [3.05, 3.63) is 65.7 Å². The third kappa shape index (κ3) is 18.0. The van der Waals surface area contributed by atoms with Crippen molar-refractivity contribution in [3.63, 3.8) is 0 Å². The number of alkyl carbamates (subject to hydrolysis) is 1. The fourth-order valence-corrected chi connectivity index (χ4v) is 6.66. The highest BCUT2D eigenvalue weighted by molar-refractivity contribution is 7.52. The molecule has 0 bridgehead atoms. The molecule has 0 aliphatic rings. The van der Waals surface area contributed by atoms with Crippen LogP contribution in [0.2, 0.25) is 0 Å². The first kappa shape index (κ1) is 42.2. The summed E-state index contributed by atoms with van der Waals surface area (Å²) in [7, 11) is -2.98. The van der Waals surface area contributed by atoms with Gasteiger partial charge < -0.3 is 30.2 Å². The Morgan fingerprint density at radius 2 is 1.53 bits per heavy atom. The molecule has 49 heavy (non-hydrogen) atoms. The summed E-state index contributed by atoms with van der Waals surface area (Å²) in [5.41, 5.74) is 7.10. The van der Waals surface area contributed by atoms with Gasteiger partial charge in [-0.2, -0.15) is 5.09 Å². The van der Waals surface area contributed by atoms with E-state index in [2.05, 4.69) is 41.6 Å². The lowest BCUT2D eigenvalue weighted by atomic mass is 9.93. The summed E-state index contributed by atoms with van der Waals surface area (Å²) in [6, 6.07) is 15.9. The molecule has 0 aliphatic heterocycles. The van der Waals surface area contributed by atoms with Gasteiger partial charge in [0.25, 0.3) is 0 Å². The Bertz CT molecular complexity index is 1270. The minimum Gasteiger partial charge on any atom is -0.468 e. The predicted octanol–water partition coefficient (Wildman–Crippen LogP) is 7.24. The molecule has 0 heterocycles. The van der Waals surface area contributed by atoms with E-state index in [-0.39, 0.29) is 18.8 Å². The van der Waals surface area contributed by atoms with E-state index < -0.39 is 43.6 Å². The van der Waals surface area contributed by atoms with Gasteiger partial charge >= 0.3 is 19.8 Å². The first-order valence-electron chi connectivity index (χ1n) is 17.6.